The monoisotopic (exact) mass is 336 g/mol. The Balaban J connectivity index is 2.02. The topological polar surface area (TPSA) is 78.1 Å². The maximum atomic E-state index is 12.5. The quantitative estimate of drug-likeness (QED) is 0.857. The lowest BCUT2D eigenvalue weighted by molar-refractivity contribution is 0.0894. The van der Waals surface area contributed by atoms with Crippen LogP contribution < -0.4 is 5.69 Å². The first-order valence-electron chi connectivity index (χ1n) is 7.86. The van der Waals surface area contributed by atoms with E-state index in [1.807, 2.05) is 0 Å². The van der Waals surface area contributed by atoms with Gasteiger partial charge in [-0.15, -0.1) is 0 Å². The SMILES string of the molecule is CS(=O)(=O)n1c(=O)n(C(=O)CCC2CCCC2)c2ccccc21. The highest BCUT2D eigenvalue weighted by Gasteiger charge is 2.24. The average Bonchev–Trinajstić information content (AvgIpc) is 3.08. The lowest BCUT2D eigenvalue weighted by atomic mass is 10.0. The molecule has 1 saturated carbocycles. The van der Waals surface area contributed by atoms with E-state index >= 15 is 0 Å². The van der Waals surface area contributed by atoms with Gasteiger partial charge in [-0.1, -0.05) is 37.8 Å². The van der Waals surface area contributed by atoms with Crippen LogP contribution in [0.1, 0.15) is 43.3 Å². The first kappa shape index (κ1) is 16.0. The number of imidazole rings is 1. The number of hydrogen-bond acceptors (Lipinski definition) is 4. The Labute approximate surface area is 134 Å². The van der Waals surface area contributed by atoms with Crippen molar-refractivity contribution in [1.82, 2.24) is 8.54 Å². The molecule has 23 heavy (non-hydrogen) atoms. The van der Waals surface area contributed by atoms with Crippen molar-refractivity contribution >= 4 is 27.0 Å². The summed E-state index contributed by atoms with van der Waals surface area (Å²) in [6, 6.07) is 6.48. The summed E-state index contributed by atoms with van der Waals surface area (Å²) >= 11 is 0. The van der Waals surface area contributed by atoms with Crippen molar-refractivity contribution in [3.63, 3.8) is 0 Å². The van der Waals surface area contributed by atoms with Crippen molar-refractivity contribution in [2.75, 3.05) is 6.26 Å². The summed E-state index contributed by atoms with van der Waals surface area (Å²) in [4.78, 5) is 25.0. The molecule has 0 atom stereocenters. The van der Waals surface area contributed by atoms with E-state index < -0.39 is 15.7 Å². The maximum Gasteiger partial charge on any atom is 0.349 e. The van der Waals surface area contributed by atoms with E-state index in [9.17, 15) is 18.0 Å². The Bertz CT molecular complexity index is 902. The van der Waals surface area contributed by atoms with E-state index in [-0.39, 0.29) is 17.8 Å². The highest BCUT2D eigenvalue weighted by atomic mass is 32.2. The summed E-state index contributed by atoms with van der Waals surface area (Å²) in [5.74, 6) is 0.207. The third-order valence-electron chi connectivity index (χ3n) is 4.53. The molecule has 0 unspecified atom stereocenters. The van der Waals surface area contributed by atoms with Crippen LogP contribution in [0.4, 0.5) is 0 Å². The van der Waals surface area contributed by atoms with Gasteiger partial charge in [0.05, 0.1) is 17.3 Å². The largest absolute Gasteiger partial charge is 0.349 e. The van der Waals surface area contributed by atoms with Gasteiger partial charge in [0, 0.05) is 6.42 Å². The molecule has 0 spiro atoms. The molecule has 1 fully saturated rings. The molecule has 2 aromatic rings. The third-order valence-corrected chi connectivity index (χ3v) is 5.54. The molecule has 0 aliphatic heterocycles. The number of carbonyl (C=O) groups excluding carboxylic acids is 1. The Kier molecular flexibility index (Phi) is 4.14. The second-order valence-electron chi connectivity index (χ2n) is 6.22. The number of rotatable bonds is 4. The van der Waals surface area contributed by atoms with E-state index in [4.69, 9.17) is 0 Å². The fraction of sp³-hybridized carbons (Fsp3) is 0.500. The number of para-hydroxylation sites is 2. The number of nitrogens with zero attached hydrogens (tertiary/aromatic N) is 2. The minimum absolute atomic E-state index is 0.245. The zero-order valence-corrected chi connectivity index (χ0v) is 13.9. The molecule has 1 aromatic carbocycles. The first-order chi connectivity index (χ1) is 10.9. The van der Waals surface area contributed by atoms with Gasteiger partial charge in [-0.25, -0.2) is 17.8 Å². The summed E-state index contributed by atoms with van der Waals surface area (Å²) in [6.07, 6.45) is 6.65. The standard InChI is InChI=1S/C16H20N2O4S/c1-23(21,22)18-14-9-5-4-8-13(14)17(16(18)20)15(19)11-10-12-6-2-3-7-12/h4-5,8-9,12H,2-3,6-7,10-11H2,1H3. The molecule has 0 N–H and O–H groups in total. The first-order valence-corrected chi connectivity index (χ1v) is 9.70. The predicted octanol–water partition coefficient (Wildman–Crippen LogP) is 2.22. The summed E-state index contributed by atoms with van der Waals surface area (Å²) in [5.41, 5.74) is -0.210. The minimum atomic E-state index is -3.77. The molecule has 0 saturated heterocycles. The summed E-state index contributed by atoms with van der Waals surface area (Å²) < 4.78 is 25.5. The predicted molar refractivity (Wildman–Crippen MR) is 88.3 cm³/mol. The van der Waals surface area contributed by atoms with Gasteiger partial charge >= 0.3 is 5.69 Å². The molecule has 1 aliphatic carbocycles. The Hall–Kier alpha value is -1.89. The fourth-order valence-electron chi connectivity index (χ4n) is 3.42. The van der Waals surface area contributed by atoms with E-state index in [1.165, 1.54) is 12.8 Å². The van der Waals surface area contributed by atoms with Crippen LogP contribution in [0.15, 0.2) is 29.1 Å². The van der Waals surface area contributed by atoms with Crippen LogP contribution >= 0.6 is 0 Å². The molecule has 0 bridgehead atoms. The lowest BCUT2D eigenvalue weighted by Crippen LogP contribution is -2.32. The van der Waals surface area contributed by atoms with Crippen molar-refractivity contribution in [2.24, 2.45) is 5.92 Å². The summed E-state index contributed by atoms with van der Waals surface area (Å²) in [7, 11) is -3.77. The van der Waals surface area contributed by atoms with Crippen LogP contribution in [0.5, 0.6) is 0 Å². The number of hydrogen-bond donors (Lipinski definition) is 0. The molecular weight excluding hydrogens is 316 g/mol. The van der Waals surface area contributed by atoms with Crippen molar-refractivity contribution in [3.8, 4) is 0 Å². The highest BCUT2D eigenvalue weighted by molar-refractivity contribution is 7.89. The highest BCUT2D eigenvalue weighted by Crippen LogP contribution is 2.28. The molecule has 1 aromatic heterocycles. The van der Waals surface area contributed by atoms with Crippen molar-refractivity contribution in [2.45, 2.75) is 38.5 Å². The molecule has 1 aliphatic rings. The lowest BCUT2D eigenvalue weighted by Gasteiger charge is -2.07. The van der Waals surface area contributed by atoms with E-state index in [2.05, 4.69) is 0 Å². The number of fused-ring (bicyclic) bond motifs is 1. The second-order valence-corrected chi connectivity index (χ2v) is 8.05. The van der Waals surface area contributed by atoms with Gasteiger partial charge in [-0.3, -0.25) is 4.79 Å². The van der Waals surface area contributed by atoms with Crippen LogP contribution in [0.2, 0.25) is 0 Å². The van der Waals surface area contributed by atoms with E-state index in [0.29, 0.717) is 15.4 Å². The number of carbonyl (C=O) groups is 1. The van der Waals surface area contributed by atoms with Crippen LogP contribution in [0.3, 0.4) is 0 Å². The number of aromatic nitrogens is 2. The molecule has 7 heteroatoms. The smallest absolute Gasteiger partial charge is 0.274 e. The van der Waals surface area contributed by atoms with Gasteiger partial charge in [0.1, 0.15) is 0 Å². The fourth-order valence-corrected chi connectivity index (χ4v) is 4.30. The molecule has 6 nitrogen and oxygen atoms in total. The molecular formula is C16H20N2O4S. The summed E-state index contributed by atoms with van der Waals surface area (Å²) in [6.45, 7) is 0. The van der Waals surface area contributed by atoms with Crippen molar-refractivity contribution in [1.29, 1.82) is 0 Å². The molecule has 0 amide bonds. The van der Waals surface area contributed by atoms with Gasteiger partial charge in [-0.05, 0) is 24.5 Å². The van der Waals surface area contributed by atoms with Gasteiger partial charge in [0.2, 0.25) is 15.9 Å². The molecule has 0 radical (unpaired) electrons. The van der Waals surface area contributed by atoms with Gasteiger partial charge in [-0.2, -0.15) is 3.97 Å². The Morgan fingerprint density at radius 2 is 1.78 bits per heavy atom. The average molecular weight is 336 g/mol. The molecule has 3 rings (SSSR count). The minimum Gasteiger partial charge on any atom is -0.274 e. The maximum absolute atomic E-state index is 12.5. The van der Waals surface area contributed by atoms with Gasteiger partial charge < -0.3 is 0 Å². The van der Waals surface area contributed by atoms with Gasteiger partial charge in [0.25, 0.3) is 0 Å². The Morgan fingerprint density at radius 3 is 2.39 bits per heavy atom. The number of benzene rings is 1. The van der Waals surface area contributed by atoms with E-state index in [0.717, 1.165) is 30.1 Å². The molecule has 1 heterocycles. The van der Waals surface area contributed by atoms with Crippen LogP contribution in [-0.4, -0.2) is 29.1 Å². The summed E-state index contributed by atoms with van der Waals surface area (Å²) in [5, 5.41) is 0. The van der Waals surface area contributed by atoms with E-state index in [1.54, 1.807) is 24.3 Å². The zero-order valence-electron chi connectivity index (χ0n) is 13.1. The van der Waals surface area contributed by atoms with Crippen LogP contribution in [0, 0.1) is 5.92 Å². The van der Waals surface area contributed by atoms with Crippen molar-refractivity contribution < 1.29 is 13.2 Å². The van der Waals surface area contributed by atoms with Crippen LogP contribution in [0.25, 0.3) is 11.0 Å². The molecule has 124 valence electrons. The van der Waals surface area contributed by atoms with Crippen molar-refractivity contribution in [3.05, 3.63) is 34.7 Å². The zero-order chi connectivity index (χ0) is 16.6. The second kappa shape index (κ2) is 5.96. The Morgan fingerprint density at radius 1 is 1.17 bits per heavy atom. The third kappa shape index (κ3) is 2.97. The normalized spacial score (nSPS) is 16.2. The van der Waals surface area contributed by atoms with Crippen LogP contribution in [-0.2, 0) is 10.0 Å². The van der Waals surface area contributed by atoms with Gasteiger partial charge in [0.15, 0.2) is 0 Å².